The Hall–Kier alpha value is -1.38. The zero-order chi connectivity index (χ0) is 19.9. The first-order valence-electron chi connectivity index (χ1n) is 10.1. The monoisotopic (exact) mass is 410 g/mol. The van der Waals surface area contributed by atoms with Crippen molar-refractivity contribution in [2.24, 2.45) is 0 Å². The van der Waals surface area contributed by atoms with Crippen molar-refractivity contribution in [3.05, 3.63) is 34.9 Å². The van der Waals surface area contributed by atoms with Gasteiger partial charge in [0.05, 0.1) is 25.4 Å². The maximum absolute atomic E-state index is 12.5. The van der Waals surface area contributed by atoms with Crippen LogP contribution in [0, 0.1) is 0 Å². The standard InChI is InChI=1S/C20H31ClN4O3/c1-2-23-10-11-28-18(14-23)13-22-20(27)25-8-6-24(7-9-25)19(15-26)16-4-3-5-17(21)12-16/h3-5,12,18-19,26H,2,6-11,13-15H2,1H3,(H,22,27). The molecule has 2 amide bonds. The quantitative estimate of drug-likeness (QED) is 0.742. The molecule has 0 saturated carbocycles. The summed E-state index contributed by atoms with van der Waals surface area (Å²) < 4.78 is 5.75. The highest BCUT2D eigenvalue weighted by Crippen LogP contribution is 2.24. The van der Waals surface area contributed by atoms with E-state index in [1.165, 1.54) is 0 Å². The molecule has 2 heterocycles. The molecule has 8 heteroatoms. The normalized spacial score (nSPS) is 22.8. The Morgan fingerprint density at radius 1 is 1.32 bits per heavy atom. The smallest absolute Gasteiger partial charge is 0.317 e. The molecule has 2 atom stereocenters. The molecule has 2 saturated heterocycles. The Labute approximate surface area is 172 Å². The van der Waals surface area contributed by atoms with Gasteiger partial charge in [0.1, 0.15) is 0 Å². The number of hydrogen-bond acceptors (Lipinski definition) is 5. The van der Waals surface area contributed by atoms with Crippen LogP contribution in [0.4, 0.5) is 4.79 Å². The van der Waals surface area contributed by atoms with Crippen LogP contribution in [0.5, 0.6) is 0 Å². The number of rotatable bonds is 6. The van der Waals surface area contributed by atoms with E-state index < -0.39 is 0 Å². The molecule has 1 aromatic carbocycles. The molecule has 156 valence electrons. The van der Waals surface area contributed by atoms with Crippen molar-refractivity contribution in [2.45, 2.75) is 19.1 Å². The van der Waals surface area contributed by atoms with Crippen molar-refractivity contribution >= 4 is 17.6 Å². The van der Waals surface area contributed by atoms with E-state index in [1.54, 1.807) is 0 Å². The largest absolute Gasteiger partial charge is 0.394 e. The van der Waals surface area contributed by atoms with Crippen LogP contribution in [0.1, 0.15) is 18.5 Å². The summed E-state index contributed by atoms with van der Waals surface area (Å²) in [5.74, 6) is 0. The Bertz CT molecular complexity index is 640. The van der Waals surface area contributed by atoms with Crippen LogP contribution >= 0.6 is 11.6 Å². The molecule has 2 unspecified atom stereocenters. The second-order valence-corrected chi connectivity index (χ2v) is 7.78. The number of halogens is 1. The fourth-order valence-electron chi connectivity index (χ4n) is 3.89. The summed E-state index contributed by atoms with van der Waals surface area (Å²) in [5.41, 5.74) is 1.00. The molecule has 2 N–H and O–H groups in total. The lowest BCUT2D eigenvalue weighted by atomic mass is 10.1. The third-order valence-corrected chi connectivity index (χ3v) is 5.83. The van der Waals surface area contributed by atoms with Gasteiger partial charge in [-0.2, -0.15) is 0 Å². The summed E-state index contributed by atoms with van der Waals surface area (Å²) in [6.45, 7) is 8.96. The van der Waals surface area contributed by atoms with E-state index in [2.05, 4.69) is 22.0 Å². The molecule has 1 aromatic rings. The number of ether oxygens (including phenoxy) is 1. The van der Waals surface area contributed by atoms with E-state index in [-0.39, 0.29) is 24.8 Å². The van der Waals surface area contributed by atoms with E-state index >= 15 is 0 Å². The highest BCUT2D eigenvalue weighted by atomic mass is 35.5. The number of carbonyl (C=O) groups is 1. The Balaban J connectivity index is 1.45. The number of aliphatic hydroxyl groups excluding tert-OH is 1. The van der Waals surface area contributed by atoms with Crippen LogP contribution in [0.25, 0.3) is 0 Å². The fraction of sp³-hybridized carbons (Fsp3) is 0.650. The van der Waals surface area contributed by atoms with Gasteiger partial charge in [0.25, 0.3) is 0 Å². The molecule has 0 aromatic heterocycles. The highest BCUT2D eigenvalue weighted by molar-refractivity contribution is 6.30. The number of carbonyl (C=O) groups excluding carboxylic acids is 1. The summed E-state index contributed by atoms with van der Waals surface area (Å²) in [6, 6.07) is 7.47. The van der Waals surface area contributed by atoms with E-state index in [4.69, 9.17) is 16.3 Å². The van der Waals surface area contributed by atoms with Gasteiger partial charge in [-0.3, -0.25) is 9.80 Å². The van der Waals surface area contributed by atoms with Crippen molar-refractivity contribution in [2.75, 3.05) is 65.6 Å². The van der Waals surface area contributed by atoms with Gasteiger partial charge < -0.3 is 20.1 Å². The summed E-state index contributed by atoms with van der Waals surface area (Å²) in [7, 11) is 0. The molecular formula is C20H31ClN4O3. The van der Waals surface area contributed by atoms with Crippen LogP contribution in [0.3, 0.4) is 0 Å². The van der Waals surface area contributed by atoms with Crippen molar-refractivity contribution in [1.82, 2.24) is 20.0 Å². The zero-order valence-corrected chi connectivity index (χ0v) is 17.3. The number of nitrogens with one attached hydrogen (secondary N) is 1. The number of benzene rings is 1. The number of urea groups is 1. The van der Waals surface area contributed by atoms with E-state index in [9.17, 15) is 9.90 Å². The van der Waals surface area contributed by atoms with Crippen LogP contribution in [-0.2, 0) is 4.74 Å². The minimum atomic E-state index is -0.0976. The predicted octanol–water partition coefficient (Wildman–Crippen LogP) is 1.42. The van der Waals surface area contributed by atoms with Gasteiger partial charge in [0, 0.05) is 50.8 Å². The highest BCUT2D eigenvalue weighted by Gasteiger charge is 2.27. The van der Waals surface area contributed by atoms with Gasteiger partial charge in [-0.15, -0.1) is 0 Å². The number of amides is 2. The zero-order valence-electron chi connectivity index (χ0n) is 16.5. The lowest BCUT2D eigenvalue weighted by molar-refractivity contribution is -0.0246. The first-order chi connectivity index (χ1) is 13.6. The fourth-order valence-corrected chi connectivity index (χ4v) is 4.09. The third kappa shape index (κ3) is 5.58. The van der Waals surface area contributed by atoms with Crippen LogP contribution in [-0.4, -0.2) is 97.5 Å². The van der Waals surface area contributed by atoms with Gasteiger partial charge >= 0.3 is 6.03 Å². The number of likely N-dealkylation sites (N-methyl/N-ethyl adjacent to an activating group) is 1. The molecule has 2 aliphatic heterocycles. The molecule has 0 bridgehead atoms. The Morgan fingerprint density at radius 3 is 2.79 bits per heavy atom. The van der Waals surface area contributed by atoms with Crippen LogP contribution in [0.15, 0.2) is 24.3 Å². The molecule has 2 aliphatic rings. The van der Waals surface area contributed by atoms with E-state index in [0.717, 1.165) is 31.8 Å². The van der Waals surface area contributed by atoms with Crippen molar-refractivity contribution in [3.63, 3.8) is 0 Å². The second-order valence-electron chi connectivity index (χ2n) is 7.35. The van der Waals surface area contributed by atoms with Gasteiger partial charge in [0.15, 0.2) is 0 Å². The number of nitrogens with zero attached hydrogens (tertiary/aromatic N) is 3. The predicted molar refractivity (Wildman–Crippen MR) is 110 cm³/mol. The molecule has 28 heavy (non-hydrogen) atoms. The first-order valence-corrected chi connectivity index (χ1v) is 10.5. The van der Waals surface area contributed by atoms with Crippen molar-refractivity contribution in [1.29, 1.82) is 0 Å². The molecule has 0 aliphatic carbocycles. The van der Waals surface area contributed by atoms with Gasteiger partial charge in [-0.25, -0.2) is 4.79 Å². The third-order valence-electron chi connectivity index (χ3n) is 5.60. The summed E-state index contributed by atoms with van der Waals surface area (Å²) in [6.07, 6.45) is 0.0561. The molecule has 2 fully saturated rings. The molecule has 0 spiro atoms. The SMILES string of the molecule is CCN1CCOC(CNC(=O)N2CCN(C(CO)c3cccc(Cl)c3)CC2)C1. The Morgan fingerprint density at radius 2 is 2.11 bits per heavy atom. The minimum absolute atomic E-state index is 0.0273. The number of morpholine rings is 1. The minimum Gasteiger partial charge on any atom is -0.394 e. The molecule has 3 rings (SSSR count). The second kappa shape index (κ2) is 10.4. The average molecular weight is 411 g/mol. The number of piperazine rings is 1. The van der Waals surface area contributed by atoms with Crippen LogP contribution in [0.2, 0.25) is 5.02 Å². The van der Waals surface area contributed by atoms with E-state index in [0.29, 0.717) is 37.7 Å². The van der Waals surface area contributed by atoms with Gasteiger partial charge in [0.2, 0.25) is 0 Å². The summed E-state index contributed by atoms with van der Waals surface area (Å²) in [4.78, 5) is 18.9. The van der Waals surface area contributed by atoms with E-state index in [1.807, 2.05) is 29.2 Å². The van der Waals surface area contributed by atoms with Crippen molar-refractivity contribution in [3.8, 4) is 0 Å². The molecular weight excluding hydrogens is 380 g/mol. The Kier molecular flexibility index (Phi) is 7.93. The average Bonchev–Trinajstić information content (AvgIpc) is 2.73. The summed E-state index contributed by atoms with van der Waals surface area (Å²) >= 11 is 6.09. The lowest BCUT2D eigenvalue weighted by Crippen LogP contribution is -2.54. The maximum Gasteiger partial charge on any atom is 0.317 e. The molecule has 7 nitrogen and oxygen atoms in total. The van der Waals surface area contributed by atoms with Gasteiger partial charge in [-0.1, -0.05) is 30.7 Å². The lowest BCUT2D eigenvalue weighted by Gasteiger charge is -2.39. The maximum atomic E-state index is 12.5. The first kappa shape index (κ1) is 21.3. The topological polar surface area (TPSA) is 68.3 Å². The number of hydrogen-bond donors (Lipinski definition) is 2. The van der Waals surface area contributed by atoms with Crippen LogP contribution < -0.4 is 5.32 Å². The number of aliphatic hydroxyl groups is 1. The van der Waals surface area contributed by atoms with Gasteiger partial charge in [-0.05, 0) is 24.2 Å². The van der Waals surface area contributed by atoms with Crippen molar-refractivity contribution < 1.29 is 14.6 Å². The molecule has 0 radical (unpaired) electrons. The summed E-state index contributed by atoms with van der Waals surface area (Å²) in [5, 5.41) is 13.6.